The number of anilines is 1. The number of nitro groups is 1. The predicted molar refractivity (Wildman–Crippen MR) is 97.0 cm³/mol. The number of methoxy groups -OCH3 is 1. The highest BCUT2D eigenvalue weighted by molar-refractivity contribution is 5.91. The standard InChI is InChI=1S/C17H15N7O4/c1-28-17-14(24(26)27)11-22(21-17)8-7-15(25)20-16-12(9-18)10-19-23(16)13-5-3-2-4-6-13/h2-6,10-11H,7-8H2,1H3,(H,20,25). The van der Waals surface area contributed by atoms with Gasteiger partial charge in [-0.1, -0.05) is 18.2 Å². The number of rotatable bonds is 7. The van der Waals surface area contributed by atoms with Gasteiger partial charge in [0.25, 0.3) is 0 Å². The summed E-state index contributed by atoms with van der Waals surface area (Å²) in [7, 11) is 1.28. The van der Waals surface area contributed by atoms with E-state index in [2.05, 4.69) is 15.5 Å². The highest BCUT2D eigenvalue weighted by Gasteiger charge is 2.21. The van der Waals surface area contributed by atoms with Gasteiger partial charge in [0.15, 0.2) is 5.82 Å². The van der Waals surface area contributed by atoms with Crippen LogP contribution in [0.25, 0.3) is 5.69 Å². The molecule has 0 aliphatic rings. The molecule has 2 aromatic heterocycles. The molecule has 0 fully saturated rings. The SMILES string of the molecule is COc1nn(CCC(=O)Nc2c(C#N)cnn2-c2ccccc2)cc1[N+](=O)[O-]. The van der Waals surface area contributed by atoms with Crippen molar-refractivity contribution in [2.75, 3.05) is 12.4 Å². The maximum atomic E-state index is 12.4. The zero-order chi connectivity index (χ0) is 20.1. The second kappa shape index (κ2) is 8.00. The average molecular weight is 381 g/mol. The topological polar surface area (TPSA) is 141 Å². The second-order valence-electron chi connectivity index (χ2n) is 5.61. The Morgan fingerprint density at radius 2 is 2.14 bits per heavy atom. The fourth-order valence-electron chi connectivity index (χ4n) is 2.50. The number of aromatic nitrogens is 4. The molecule has 0 spiro atoms. The molecule has 28 heavy (non-hydrogen) atoms. The number of amides is 1. The molecule has 3 rings (SSSR count). The molecular formula is C17H15N7O4. The van der Waals surface area contributed by atoms with Crippen LogP contribution in [-0.4, -0.2) is 37.5 Å². The van der Waals surface area contributed by atoms with E-state index in [1.165, 1.54) is 28.9 Å². The van der Waals surface area contributed by atoms with Gasteiger partial charge in [-0.3, -0.25) is 19.6 Å². The van der Waals surface area contributed by atoms with E-state index in [1.54, 1.807) is 12.1 Å². The lowest BCUT2D eigenvalue weighted by Crippen LogP contribution is -2.18. The molecule has 0 unspecified atom stereocenters. The van der Waals surface area contributed by atoms with Crippen molar-refractivity contribution in [1.82, 2.24) is 19.6 Å². The summed E-state index contributed by atoms with van der Waals surface area (Å²) in [4.78, 5) is 22.7. The molecule has 0 aliphatic carbocycles. The number of nitrogens with zero attached hydrogens (tertiary/aromatic N) is 6. The van der Waals surface area contributed by atoms with Crippen molar-refractivity contribution in [3.8, 4) is 17.6 Å². The number of nitrogens with one attached hydrogen (secondary N) is 1. The summed E-state index contributed by atoms with van der Waals surface area (Å²) in [6, 6.07) is 11.0. The van der Waals surface area contributed by atoms with E-state index < -0.39 is 10.8 Å². The first-order valence-corrected chi connectivity index (χ1v) is 8.12. The van der Waals surface area contributed by atoms with Gasteiger partial charge in [0, 0.05) is 6.42 Å². The van der Waals surface area contributed by atoms with Crippen LogP contribution in [0.1, 0.15) is 12.0 Å². The van der Waals surface area contributed by atoms with Crippen molar-refractivity contribution in [1.29, 1.82) is 5.26 Å². The quantitative estimate of drug-likeness (QED) is 0.486. The molecule has 11 heteroatoms. The second-order valence-corrected chi connectivity index (χ2v) is 5.61. The third kappa shape index (κ3) is 3.80. The zero-order valence-corrected chi connectivity index (χ0v) is 14.8. The Morgan fingerprint density at radius 1 is 1.39 bits per heavy atom. The number of hydrogen-bond donors (Lipinski definition) is 1. The third-order valence-corrected chi connectivity index (χ3v) is 3.82. The molecule has 3 aromatic rings. The van der Waals surface area contributed by atoms with Gasteiger partial charge in [0.2, 0.25) is 5.91 Å². The molecule has 0 saturated carbocycles. The molecule has 11 nitrogen and oxygen atoms in total. The zero-order valence-electron chi connectivity index (χ0n) is 14.8. The van der Waals surface area contributed by atoms with Gasteiger partial charge in [-0.25, -0.2) is 4.68 Å². The van der Waals surface area contributed by atoms with Crippen LogP contribution in [0.15, 0.2) is 42.7 Å². The van der Waals surface area contributed by atoms with Gasteiger partial charge in [0.05, 0.1) is 30.5 Å². The van der Waals surface area contributed by atoms with Crippen LogP contribution in [0.5, 0.6) is 5.88 Å². The van der Waals surface area contributed by atoms with E-state index in [4.69, 9.17) is 4.74 Å². The van der Waals surface area contributed by atoms with Gasteiger partial charge in [-0.15, -0.1) is 5.10 Å². The third-order valence-electron chi connectivity index (χ3n) is 3.82. The number of carbonyl (C=O) groups is 1. The van der Waals surface area contributed by atoms with Crippen LogP contribution in [-0.2, 0) is 11.3 Å². The number of carbonyl (C=O) groups excluding carboxylic acids is 1. The van der Waals surface area contributed by atoms with Crippen molar-refractivity contribution < 1.29 is 14.5 Å². The van der Waals surface area contributed by atoms with Crippen LogP contribution >= 0.6 is 0 Å². The lowest BCUT2D eigenvalue weighted by Gasteiger charge is -2.09. The van der Waals surface area contributed by atoms with E-state index >= 15 is 0 Å². The van der Waals surface area contributed by atoms with Gasteiger partial charge >= 0.3 is 11.6 Å². The minimum atomic E-state index is -0.611. The molecular weight excluding hydrogens is 366 g/mol. The molecule has 142 valence electrons. The summed E-state index contributed by atoms with van der Waals surface area (Å²) in [6.45, 7) is 0.0946. The van der Waals surface area contributed by atoms with Crippen molar-refractivity contribution in [3.05, 3.63) is 58.4 Å². The van der Waals surface area contributed by atoms with Crippen LogP contribution in [0, 0.1) is 21.4 Å². The Balaban J connectivity index is 1.73. The Hall–Kier alpha value is -4.20. The Morgan fingerprint density at radius 3 is 2.75 bits per heavy atom. The molecule has 0 saturated heterocycles. The lowest BCUT2D eigenvalue weighted by atomic mass is 10.3. The van der Waals surface area contributed by atoms with Crippen LogP contribution in [0.4, 0.5) is 11.5 Å². The number of para-hydroxylation sites is 1. The maximum Gasteiger partial charge on any atom is 0.350 e. The fourth-order valence-corrected chi connectivity index (χ4v) is 2.50. The summed E-state index contributed by atoms with van der Waals surface area (Å²) in [5.41, 5.74) is 0.622. The summed E-state index contributed by atoms with van der Waals surface area (Å²) in [6.07, 6.45) is 2.54. The average Bonchev–Trinajstić information content (AvgIpc) is 3.31. The molecule has 1 N–H and O–H groups in total. The van der Waals surface area contributed by atoms with E-state index in [9.17, 15) is 20.2 Å². The number of nitriles is 1. The monoisotopic (exact) mass is 381 g/mol. The Kier molecular flexibility index (Phi) is 5.31. The van der Waals surface area contributed by atoms with Gasteiger partial charge < -0.3 is 10.1 Å². The van der Waals surface area contributed by atoms with Gasteiger partial charge in [-0.2, -0.15) is 10.4 Å². The van der Waals surface area contributed by atoms with Crippen molar-refractivity contribution in [2.24, 2.45) is 0 Å². The predicted octanol–water partition coefficient (Wildman–Crippen LogP) is 1.89. The summed E-state index contributed by atoms with van der Waals surface area (Å²) in [5, 5.41) is 30.9. The molecule has 0 aliphatic heterocycles. The van der Waals surface area contributed by atoms with Crippen molar-refractivity contribution in [3.63, 3.8) is 0 Å². The first kappa shape index (κ1) is 18.6. The highest BCUT2D eigenvalue weighted by Crippen LogP contribution is 2.24. The van der Waals surface area contributed by atoms with Gasteiger partial charge in [-0.05, 0) is 12.1 Å². The van der Waals surface area contributed by atoms with E-state index in [0.717, 1.165) is 0 Å². The van der Waals surface area contributed by atoms with Crippen molar-refractivity contribution >= 4 is 17.4 Å². The fraction of sp³-hybridized carbons (Fsp3) is 0.176. The minimum Gasteiger partial charge on any atom is -0.475 e. The molecule has 1 amide bonds. The number of aryl methyl sites for hydroxylation is 1. The van der Waals surface area contributed by atoms with Crippen LogP contribution in [0.2, 0.25) is 0 Å². The lowest BCUT2D eigenvalue weighted by molar-refractivity contribution is -0.385. The summed E-state index contributed by atoms with van der Waals surface area (Å²) < 4.78 is 7.57. The van der Waals surface area contributed by atoms with E-state index in [0.29, 0.717) is 5.69 Å². The Bertz CT molecular complexity index is 1050. The van der Waals surface area contributed by atoms with Crippen LogP contribution in [0.3, 0.4) is 0 Å². The number of ether oxygens (including phenoxy) is 1. The summed E-state index contributed by atoms with van der Waals surface area (Å²) >= 11 is 0. The normalized spacial score (nSPS) is 10.3. The van der Waals surface area contributed by atoms with E-state index in [1.807, 2.05) is 24.3 Å². The smallest absolute Gasteiger partial charge is 0.350 e. The molecule has 0 atom stereocenters. The summed E-state index contributed by atoms with van der Waals surface area (Å²) in [5.74, 6) is -0.270. The van der Waals surface area contributed by atoms with Crippen molar-refractivity contribution in [2.45, 2.75) is 13.0 Å². The molecule has 1 aromatic carbocycles. The first-order chi connectivity index (χ1) is 13.5. The largest absolute Gasteiger partial charge is 0.475 e. The number of benzene rings is 1. The van der Waals surface area contributed by atoms with E-state index in [-0.39, 0.29) is 35.9 Å². The number of hydrogen-bond acceptors (Lipinski definition) is 7. The first-order valence-electron chi connectivity index (χ1n) is 8.12. The molecule has 0 radical (unpaired) electrons. The minimum absolute atomic E-state index is 0.0210. The van der Waals surface area contributed by atoms with Gasteiger partial charge in [0.1, 0.15) is 17.8 Å². The Labute approximate surface area is 158 Å². The maximum absolute atomic E-state index is 12.4. The molecule has 0 bridgehead atoms. The molecule has 2 heterocycles. The van der Waals surface area contributed by atoms with Crippen LogP contribution < -0.4 is 10.1 Å². The highest BCUT2D eigenvalue weighted by atomic mass is 16.6.